The Hall–Kier alpha value is -1.31. The summed E-state index contributed by atoms with van der Waals surface area (Å²) in [4.78, 5) is 2.48. The van der Waals surface area contributed by atoms with Crippen LogP contribution in [0.4, 0.5) is 11.4 Å². The Labute approximate surface area is 120 Å². The molecule has 1 aliphatic rings. The zero-order valence-corrected chi connectivity index (χ0v) is 12.7. The van der Waals surface area contributed by atoms with E-state index in [1.54, 1.807) is 12.1 Å². The Bertz CT molecular complexity index is 574. The molecule has 6 nitrogen and oxygen atoms in total. The maximum absolute atomic E-state index is 12.0. The average Bonchev–Trinajstić information content (AvgIpc) is 2.83. The third-order valence-corrected chi connectivity index (χ3v) is 5.09. The second-order valence-corrected chi connectivity index (χ2v) is 7.12. The van der Waals surface area contributed by atoms with E-state index in [0.29, 0.717) is 17.3 Å². The second kappa shape index (κ2) is 5.99. The third-order valence-electron chi connectivity index (χ3n) is 3.63. The number of nitrogens with two attached hydrogens (primary N) is 1. The van der Waals surface area contributed by atoms with Crippen molar-refractivity contribution in [3.05, 3.63) is 18.2 Å². The molecule has 0 saturated carbocycles. The highest BCUT2D eigenvalue weighted by Gasteiger charge is 2.21. The van der Waals surface area contributed by atoms with E-state index in [0.717, 1.165) is 26.1 Å². The Morgan fingerprint density at radius 3 is 2.80 bits per heavy atom. The molecule has 1 unspecified atom stereocenters. The highest BCUT2D eigenvalue weighted by molar-refractivity contribution is 7.89. The van der Waals surface area contributed by atoms with Gasteiger partial charge >= 0.3 is 0 Å². The zero-order chi connectivity index (χ0) is 14.8. The van der Waals surface area contributed by atoms with Gasteiger partial charge in [-0.1, -0.05) is 0 Å². The minimum absolute atomic E-state index is 0.200. The van der Waals surface area contributed by atoms with Gasteiger partial charge in [0.15, 0.2) is 0 Å². The van der Waals surface area contributed by atoms with Crippen molar-refractivity contribution >= 4 is 21.4 Å². The Morgan fingerprint density at radius 2 is 2.20 bits per heavy atom. The molecule has 0 radical (unpaired) electrons. The van der Waals surface area contributed by atoms with Crippen molar-refractivity contribution in [3.63, 3.8) is 0 Å². The van der Waals surface area contributed by atoms with Crippen LogP contribution in [0.1, 0.15) is 6.42 Å². The summed E-state index contributed by atoms with van der Waals surface area (Å²) in [6.07, 6.45) is 1.13. The van der Waals surface area contributed by atoms with Crippen molar-refractivity contribution in [1.82, 2.24) is 9.62 Å². The molecular formula is C13H22N4O2S. The summed E-state index contributed by atoms with van der Waals surface area (Å²) in [5.74, 6) is 0.544. The lowest BCUT2D eigenvalue weighted by atomic mass is 10.1. The normalized spacial score (nSPS) is 20.2. The molecule has 7 heteroatoms. The van der Waals surface area contributed by atoms with Crippen molar-refractivity contribution in [2.45, 2.75) is 11.3 Å². The van der Waals surface area contributed by atoms with Gasteiger partial charge in [0.05, 0.1) is 5.69 Å². The molecule has 1 fully saturated rings. The van der Waals surface area contributed by atoms with Crippen LogP contribution in [0.3, 0.4) is 0 Å². The highest BCUT2D eigenvalue weighted by atomic mass is 32.2. The van der Waals surface area contributed by atoms with E-state index in [4.69, 9.17) is 5.73 Å². The number of nitrogens with one attached hydrogen (secondary N) is 2. The highest BCUT2D eigenvalue weighted by Crippen LogP contribution is 2.25. The number of nitrogen functional groups attached to an aromatic ring is 1. The first-order valence-corrected chi connectivity index (χ1v) is 8.16. The summed E-state index contributed by atoms with van der Waals surface area (Å²) < 4.78 is 26.3. The van der Waals surface area contributed by atoms with Gasteiger partial charge in [0, 0.05) is 18.8 Å². The van der Waals surface area contributed by atoms with E-state index in [1.165, 1.54) is 13.1 Å². The zero-order valence-electron chi connectivity index (χ0n) is 11.9. The summed E-state index contributed by atoms with van der Waals surface area (Å²) in [7, 11) is -0.0164. The van der Waals surface area contributed by atoms with E-state index < -0.39 is 10.0 Å². The topological polar surface area (TPSA) is 87.5 Å². The molecule has 0 spiro atoms. The van der Waals surface area contributed by atoms with Gasteiger partial charge in [-0.25, -0.2) is 13.1 Å². The first-order valence-electron chi connectivity index (χ1n) is 6.68. The minimum Gasteiger partial charge on any atom is -0.399 e. The van der Waals surface area contributed by atoms with Crippen LogP contribution in [-0.2, 0) is 10.0 Å². The smallest absolute Gasteiger partial charge is 0.242 e. The molecule has 4 N–H and O–H groups in total. The molecule has 1 heterocycles. The van der Waals surface area contributed by atoms with Gasteiger partial charge in [0.25, 0.3) is 0 Å². The average molecular weight is 298 g/mol. The lowest BCUT2D eigenvalue weighted by Gasteiger charge is -2.16. The number of rotatable bonds is 5. The predicted octanol–water partition coefficient (Wildman–Crippen LogP) is 0.540. The maximum atomic E-state index is 12.0. The Balaban J connectivity index is 2.15. The first kappa shape index (κ1) is 15.1. The molecule has 1 aromatic carbocycles. The third kappa shape index (κ3) is 3.41. The largest absolute Gasteiger partial charge is 0.399 e. The van der Waals surface area contributed by atoms with Gasteiger partial charge in [0.1, 0.15) is 4.90 Å². The second-order valence-electron chi connectivity index (χ2n) is 5.26. The van der Waals surface area contributed by atoms with Gasteiger partial charge in [-0.15, -0.1) is 0 Å². The van der Waals surface area contributed by atoms with Gasteiger partial charge in [-0.2, -0.15) is 0 Å². The van der Waals surface area contributed by atoms with Crippen LogP contribution in [0.15, 0.2) is 23.1 Å². The Morgan fingerprint density at radius 1 is 1.45 bits per heavy atom. The molecule has 1 aromatic rings. The van der Waals surface area contributed by atoms with Crippen molar-refractivity contribution in [2.24, 2.45) is 5.92 Å². The number of hydrogen-bond acceptors (Lipinski definition) is 5. The maximum Gasteiger partial charge on any atom is 0.242 e. The fourth-order valence-electron chi connectivity index (χ4n) is 2.46. The molecule has 2 rings (SSSR count). The summed E-state index contributed by atoms with van der Waals surface area (Å²) in [6.45, 7) is 2.90. The van der Waals surface area contributed by atoms with Crippen molar-refractivity contribution in [2.75, 3.05) is 44.8 Å². The molecule has 112 valence electrons. The van der Waals surface area contributed by atoms with Crippen LogP contribution in [0.2, 0.25) is 0 Å². The van der Waals surface area contributed by atoms with Gasteiger partial charge in [0.2, 0.25) is 10.0 Å². The lowest BCUT2D eigenvalue weighted by Crippen LogP contribution is -2.23. The molecule has 20 heavy (non-hydrogen) atoms. The SMILES string of the molecule is CNS(=O)(=O)c1cc(N)ccc1NCC1CCN(C)C1. The molecule has 1 atom stereocenters. The molecule has 0 bridgehead atoms. The van der Waals surface area contributed by atoms with E-state index >= 15 is 0 Å². The number of anilines is 2. The van der Waals surface area contributed by atoms with Crippen LogP contribution in [-0.4, -0.2) is 47.0 Å². The quantitative estimate of drug-likeness (QED) is 0.691. The molecule has 0 amide bonds. The van der Waals surface area contributed by atoms with E-state index in [2.05, 4.69) is 22.0 Å². The Kier molecular flexibility index (Phi) is 4.52. The number of likely N-dealkylation sites (tertiary alicyclic amines) is 1. The summed E-state index contributed by atoms with van der Waals surface area (Å²) in [6, 6.07) is 4.91. The number of hydrogen-bond donors (Lipinski definition) is 3. The van der Waals surface area contributed by atoms with E-state index in [9.17, 15) is 8.42 Å². The fraction of sp³-hybridized carbons (Fsp3) is 0.538. The van der Waals surface area contributed by atoms with Crippen LogP contribution < -0.4 is 15.8 Å². The number of nitrogens with zero attached hydrogens (tertiary/aromatic N) is 1. The van der Waals surface area contributed by atoms with Crippen LogP contribution in [0.25, 0.3) is 0 Å². The molecular weight excluding hydrogens is 276 g/mol. The van der Waals surface area contributed by atoms with Crippen LogP contribution in [0.5, 0.6) is 0 Å². The fourth-order valence-corrected chi connectivity index (χ4v) is 3.41. The standard InChI is InChI=1S/C13H22N4O2S/c1-15-20(18,19)13-7-11(14)3-4-12(13)16-8-10-5-6-17(2)9-10/h3-4,7,10,15-16H,5-6,8-9,14H2,1-2H3. The monoisotopic (exact) mass is 298 g/mol. The summed E-state index contributed by atoms with van der Waals surface area (Å²) in [5.41, 5.74) is 6.72. The van der Waals surface area contributed by atoms with Crippen molar-refractivity contribution in [3.8, 4) is 0 Å². The molecule has 0 aromatic heterocycles. The molecule has 1 aliphatic heterocycles. The summed E-state index contributed by atoms with van der Waals surface area (Å²) >= 11 is 0. The van der Waals surface area contributed by atoms with Crippen LogP contribution in [0, 0.1) is 5.92 Å². The van der Waals surface area contributed by atoms with Gasteiger partial charge < -0.3 is 16.0 Å². The predicted molar refractivity (Wildman–Crippen MR) is 81.2 cm³/mol. The van der Waals surface area contributed by atoms with Crippen molar-refractivity contribution in [1.29, 1.82) is 0 Å². The van der Waals surface area contributed by atoms with Crippen molar-refractivity contribution < 1.29 is 8.42 Å². The number of sulfonamides is 1. The minimum atomic E-state index is -3.51. The first-order chi connectivity index (χ1) is 9.42. The van der Waals surface area contributed by atoms with Gasteiger partial charge in [-0.05, 0) is 51.2 Å². The lowest BCUT2D eigenvalue weighted by molar-refractivity contribution is 0.399. The molecule has 0 aliphatic carbocycles. The van der Waals surface area contributed by atoms with Crippen LogP contribution >= 0.6 is 0 Å². The summed E-state index contributed by atoms with van der Waals surface area (Å²) in [5, 5.41) is 3.24. The van der Waals surface area contributed by atoms with E-state index in [1.807, 2.05) is 0 Å². The molecule has 1 saturated heterocycles. The van der Waals surface area contributed by atoms with Gasteiger partial charge in [-0.3, -0.25) is 0 Å². The van der Waals surface area contributed by atoms with E-state index in [-0.39, 0.29) is 4.90 Å². The number of benzene rings is 1.